The minimum Gasteiger partial charge on any atom is -0.351 e. The molecule has 302 valence electrons. The van der Waals surface area contributed by atoms with Crippen LogP contribution >= 0.6 is 0 Å². The van der Waals surface area contributed by atoms with Crippen molar-refractivity contribution in [3.63, 3.8) is 0 Å². The molecular weight excluding hydrogens is 759 g/mol. The van der Waals surface area contributed by atoms with Gasteiger partial charge in [0.05, 0.1) is 22.0 Å². The third-order valence-corrected chi connectivity index (χ3v) is 14.0. The number of imide groups is 1. The molecule has 3 amide bonds. The van der Waals surface area contributed by atoms with E-state index >= 15 is 0 Å². The molecule has 3 aliphatic rings. The van der Waals surface area contributed by atoms with E-state index < -0.39 is 16.1 Å². The summed E-state index contributed by atoms with van der Waals surface area (Å²) in [5, 5.41) is 21.9. The van der Waals surface area contributed by atoms with Gasteiger partial charge in [-0.1, -0.05) is 6.07 Å². The number of aromatic nitrogens is 5. The second-order valence-electron chi connectivity index (χ2n) is 15.6. The summed E-state index contributed by atoms with van der Waals surface area (Å²) in [6.07, 6.45) is 6.37. The lowest BCUT2D eigenvalue weighted by molar-refractivity contribution is -0.120. The van der Waals surface area contributed by atoms with Crippen molar-refractivity contribution in [2.75, 3.05) is 42.9 Å². The molecule has 0 saturated carbocycles. The van der Waals surface area contributed by atoms with Crippen LogP contribution in [-0.4, -0.2) is 98.7 Å². The van der Waals surface area contributed by atoms with E-state index in [0.717, 1.165) is 54.2 Å². The lowest BCUT2D eigenvalue weighted by Crippen LogP contribution is -2.49. The summed E-state index contributed by atoms with van der Waals surface area (Å²) in [5.41, 5.74) is 3.77. The number of carbonyl (C=O) groups excluding carboxylic acids is 2. The minimum absolute atomic E-state index is 0.0316. The summed E-state index contributed by atoms with van der Waals surface area (Å²) < 4.78 is 32.5. The van der Waals surface area contributed by atoms with Gasteiger partial charge in [-0.2, -0.15) is 19.6 Å². The zero-order valence-corrected chi connectivity index (χ0v) is 33.7. The van der Waals surface area contributed by atoms with Crippen LogP contribution in [0.1, 0.15) is 68.1 Å². The van der Waals surface area contributed by atoms with Crippen LogP contribution in [0, 0.1) is 11.3 Å². The minimum atomic E-state index is -3.78. The summed E-state index contributed by atoms with van der Waals surface area (Å²) in [4.78, 5) is 49.4. The van der Waals surface area contributed by atoms with E-state index in [-0.39, 0.29) is 34.9 Å². The van der Waals surface area contributed by atoms with Crippen LogP contribution in [0.25, 0.3) is 21.9 Å². The molecule has 0 spiro atoms. The summed E-state index contributed by atoms with van der Waals surface area (Å²) in [6, 6.07) is 16.4. The highest BCUT2D eigenvalue weighted by Gasteiger charge is 2.32. The number of nitrogens with zero attached hydrogens (tertiary/aromatic N) is 9. The van der Waals surface area contributed by atoms with Crippen LogP contribution in [0.3, 0.4) is 0 Å². The molecule has 58 heavy (non-hydrogen) atoms. The van der Waals surface area contributed by atoms with Gasteiger partial charge in [0.25, 0.3) is 5.56 Å². The maximum Gasteiger partial charge on any atom is 0.329 e. The van der Waals surface area contributed by atoms with Gasteiger partial charge in [-0.05, 0) is 112 Å². The van der Waals surface area contributed by atoms with E-state index in [1.807, 2.05) is 13.1 Å². The van der Waals surface area contributed by atoms with Gasteiger partial charge in [0, 0.05) is 75.3 Å². The molecule has 0 bridgehead atoms. The number of pyridine rings is 1. The first-order chi connectivity index (χ1) is 27.9. The lowest BCUT2D eigenvalue weighted by atomic mass is 9.88. The van der Waals surface area contributed by atoms with Gasteiger partial charge in [-0.3, -0.25) is 29.1 Å². The monoisotopic (exact) mass is 805 g/mol. The Balaban J connectivity index is 0.858. The highest BCUT2D eigenvalue weighted by atomic mass is 32.2. The van der Waals surface area contributed by atoms with Gasteiger partial charge < -0.3 is 10.2 Å². The van der Waals surface area contributed by atoms with E-state index in [1.165, 1.54) is 25.4 Å². The number of rotatable bonds is 10. The van der Waals surface area contributed by atoms with E-state index in [9.17, 15) is 28.1 Å². The second-order valence-corrected chi connectivity index (χ2v) is 17.6. The zero-order valence-electron chi connectivity index (χ0n) is 32.9. The van der Waals surface area contributed by atoms with Crippen LogP contribution in [-0.2, 0) is 35.3 Å². The molecule has 0 aliphatic carbocycles. The van der Waals surface area contributed by atoms with E-state index in [2.05, 4.69) is 55.7 Å². The first kappa shape index (κ1) is 39.1. The number of hydrogen-bond acceptors (Lipinski definition) is 11. The molecular formula is C41H47N11O5S. The fourth-order valence-corrected chi connectivity index (χ4v) is 10.1. The van der Waals surface area contributed by atoms with Crippen molar-refractivity contribution in [3.8, 4) is 6.07 Å². The molecule has 1 atom stereocenters. The molecule has 3 aromatic heterocycles. The van der Waals surface area contributed by atoms with Crippen LogP contribution in [0.4, 0.5) is 16.6 Å². The topological polar surface area (TPSA) is 191 Å². The fraction of sp³-hybridized carbons (Fsp3) is 0.439. The number of aryl methyl sites for hydroxylation is 3. The Bertz CT molecular complexity index is 2620. The van der Waals surface area contributed by atoms with Crippen molar-refractivity contribution in [1.29, 1.82) is 5.26 Å². The molecule has 3 fully saturated rings. The first-order valence-electron chi connectivity index (χ1n) is 19.8. The SMILES string of the molecule is CC(CCc1cc(S(=O)(=O)N2CCC(Nc3ncc4ccc(=O)n(C)c4n3)CC2)ccc1C#N)N1CCC(c2ccc3c(N4CCC(=O)NC4=O)nn(C)c3c2)CC1. The number of benzene rings is 2. The van der Waals surface area contributed by atoms with Crippen molar-refractivity contribution in [2.45, 2.75) is 74.8 Å². The molecule has 1 unspecified atom stereocenters. The molecule has 3 aliphatic heterocycles. The zero-order chi connectivity index (χ0) is 40.7. The standard InChI is InChI=1S/C41H47N11O5S/c1-26(50-17-12-27(13-18-50)29-7-10-34-35(23-29)49(3)47-39(34)52-21-16-36(53)45-41(52)55)4-5-28-22-33(9-6-30(28)24-42)58(56,57)51-19-14-32(15-20-51)44-40-43-25-31-8-11-37(54)48(2)38(31)46-40/h6-11,22-23,25-27,32H,4-5,12-21H2,1-3H3,(H,43,44,46)(H,45,53,55). The number of fused-ring (bicyclic) bond motifs is 2. The van der Waals surface area contributed by atoms with Gasteiger partial charge in [0.2, 0.25) is 21.9 Å². The Morgan fingerprint density at radius 3 is 2.48 bits per heavy atom. The smallest absolute Gasteiger partial charge is 0.329 e. The number of piperidine rings is 2. The average Bonchev–Trinajstić information content (AvgIpc) is 3.56. The van der Waals surface area contributed by atoms with Crippen LogP contribution in [0.2, 0.25) is 0 Å². The van der Waals surface area contributed by atoms with Crippen molar-refractivity contribution >= 4 is 55.7 Å². The van der Waals surface area contributed by atoms with Crippen molar-refractivity contribution in [3.05, 3.63) is 81.8 Å². The first-order valence-corrected chi connectivity index (χ1v) is 21.3. The fourth-order valence-electron chi connectivity index (χ4n) is 8.53. The number of urea groups is 1. The molecule has 3 saturated heterocycles. The number of hydrogen-bond donors (Lipinski definition) is 2. The molecule has 0 radical (unpaired) electrons. The molecule has 6 heterocycles. The second kappa shape index (κ2) is 15.9. The van der Waals surface area contributed by atoms with Gasteiger partial charge in [-0.25, -0.2) is 18.2 Å². The van der Waals surface area contributed by atoms with Crippen molar-refractivity contribution < 1.29 is 18.0 Å². The maximum absolute atomic E-state index is 13.9. The third kappa shape index (κ3) is 7.66. The lowest BCUT2D eigenvalue weighted by Gasteiger charge is -2.36. The molecule has 2 N–H and O–H groups in total. The summed E-state index contributed by atoms with van der Waals surface area (Å²) >= 11 is 0. The number of sulfonamides is 1. The molecule has 16 nitrogen and oxygen atoms in total. The van der Waals surface area contributed by atoms with Crippen molar-refractivity contribution in [1.82, 2.24) is 38.8 Å². The quantitative estimate of drug-likeness (QED) is 0.208. The van der Waals surface area contributed by atoms with Gasteiger partial charge in [0.1, 0.15) is 5.65 Å². The van der Waals surface area contributed by atoms with Gasteiger partial charge in [0.15, 0.2) is 5.82 Å². The van der Waals surface area contributed by atoms with Crippen LogP contribution in [0.5, 0.6) is 0 Å². The number of nitriles is 1. The van der Waals surface area contributed by atoms with E-state index in [4.69, 9.17) is 0 Å². The number of anilines is 2. The number of nitrogens with one attached hydrogen (secondary N) is 2. The predicted octanol–water partition coefficient (Wildman–Crippen LogP) is 4.00. The Morgan fingerprint density at radius 2 is 1.74 bits per heavy atom. The summed E-state index contributed by atoms with van der Waals surface area (Å²) in [5.74, 6) is 1.05. The largest absolute Gasteiger partial charge is 0.351 e. The Morgan fingerprint density at radius 1 is 0.966 bits per heavy atom. The molecule has 8 rings (SSSR count). The van der Waals surface area contributed by atoms with E-state index in [0.29, 0.717) is 67.8 Å². The highest BCUT2D eigenvalue weighted by molar-refractivity contribution is 7.89. The predicted molar refractivity (Wildman–Crippen MR) is 219 cm³/mol. The molecule has 5 aromatic rings. The molecule has 2 aromatic carbocycles. The third-order valence-electron chi connectivity index (χ3n) is 12.1. The normalized spacial score (nSPS) is 18.4. The van der Waals surface area contributed by atoms with Crippen LogP contribution in [0.15, 0.2) is 64.4 Å². The Labute approximate surface area is 336 Å². The highest BCUT2D eigenvalue weighted by Crippen LogP contribution is 2.34. The average molecular weight is 806 g/mol. The van der Waals surface area contributed by atoms with Crippen LogP contribution < -0.4 is 21.1 Å². The van der Waals surface area contributed by atoms with Gasteiger partial charge in [-0.15, -0.1) is 0 Å². The van der Waals surface area contributed by atoms with Gasteiger partial charge >= 0.3 is 6.03 Å². The number of likely N-dealkylation sites (tertiary alicyclic amines) is 1. The number of carbonyl (C=O) groups is 2. The van der Waals surface area contributed by atoms with E-state index in [1.54, 1.807) is 42.2 Å². The van der Waals surface area contributed by atoms with Crippen molar-refractivity contribution in [2.24, 2.45) is 14.1 Å². The molecule has 17 heteroatoms. The summed E-state index contributed by atoms with van der Waals surface area (Å²) in [6.45, 7) is 4.98. The maximum atomic E-state index is 13.9. The Kier molecular flexibility index (Phi) is 10.7. The Hall–Kier alpha value is -5.70. The summed E-state index contributed by atoms with van der Waals surface area (Å²) in [7, 11) is -0.247. The number of amides is 3.